The highest BCUT2D eigenvalue weighted by Gasteiger charge is 2.12. The van der Waals surface area contributed by atoms with Gasteiger partial charge in [-0.15, -0.1) is 12.6 Å². The zero-order chi connectivity index (χ0) is 11.7. The normalized spacial score (nSPS) is 12.7. The lowest BCUT2D eigenvalue weighted by molar-refractivity contribution is -0.119. The number of furan rings is 1. The standard InChI is InChI=1S/C12H13NO2S/c1-7(13-8(2)14)12-6-9-5-10(16)3-4-11(9)15-12/h3-7,16H,1-2H3,(H,13,14). The van der Waals surface area contributed by atoms with Crippen LogP contribution in [0.3, 0.4) is 0 Å². The van der Waals surface area contributed by atoms with Gasteiger partial charge in [-0.3, -0.25) is 4.79 Å². The molecule has 16 heavy (non-hydrogen) atoms. The van der Waals surface area contributed by atoms with Crippen LogP contribution in [0.5, 0.6) is 0 Å². The van der Waals surface area contributed by atoms with Crippen molar-refractivity contribution in [1.82, 2.24) is 5.32 Å². The average molecular weight is 235 g/mol. The third kappa shape index (κ3) is 2.22. The summed E-state index contributed by atoms with van der Waals surface area (Å²) >= 11 is 4.27. The SMILES string of the molecule is CC(=O)NC(C)c1cc2cc(S)ccc2o1. The predicted molar refractivity (Wildman–Crippen MR) is 65.7 cm³/mol. The zero-order valence-corrected chi connectivity index (χ0v) is 10.0. The van der Waals surface area contributed by atoms with E-state index in [-0.39, 0.29) is 11.9 Å². The van der Waals surface area contributed by atoms with E-state index in [0.717, 1.165) is 21.6 Å². The van der Waals surface area contributed by atoms with E-state index in [4.69, 9.17) is 4.42 Å². The Morgan fingerprint density at radius 3 is 2.88 bits per heavy atom. The van der Waals surface area contributed by atoms with Crippen LogP contribution in [-0.2, 0) is 4.79 Å². The van der Waals surface area contributed by atoms with Gasteiger partial charge in [-0.1, -0.05) is 0 Å². The van der Waals surface area contributed by atoms with Crippen molar-refractivity contribution < 1.29 is 9.21 Å². The molecule has 0 spiro atoms. The van der Waals surface area contributed by atoms with Crippen LogP contribution >= 0.6 is 12.6 Å². The van der Waals surface area contributed by atoms with Gasteiger partial charge in [0.05, 0.1) is 6.04 Å². The predicted octanol–water partition coefficient (Wildman–Crippen LogP) is 2.92. The van der Waals surface area contributed by atoms with Crippen molar-refractivity contribution >= 4 is 29.5 Å². The second kappa shape index (κ2) is 4.22. The molecule has 1 unspecified atom stereocenters. The molecule has 2 rings (SSSR count). The molecule has 0 aliphatic rings. The first kappa shape index (κ1) is 11.1. The Hall–Kier alpha value is -1.42. The number of carbonyl (C=O) groups excluding carboxylic acids is 1. The number of rotatable bonds is 2. The Morgan fingerprint density at radius 2 is 2.19 bits per heavy atom. The van der Waals surface area contributed by atoms with Crippen LogP contribution in [0.25, 0.3) is 11.0 Å². The topological polar surface area (TPSA) is 42.2 Å². The van der Waals surface area contributed by atoms with Gasteiger partial charge in [-0.25, -0.2) is 0 Å². The average Bonchev–Trinajstić information content (AvgIpc) is 2.59. The van der Waals surface area contributed by atoms with E-state index in [9.17, 15) is 4.79 Å². The molecular weight excluding hydrogens is 222 g/mol. The number of nitrogens with one attached hydrogen (secondary N) is 1. The highest BCUT2D eigenvalue weighted by molar-refractivity contribution is 7.80. The smallest absolute Gasteiger partial charge is 0.217 e. The van der Waals surface area contributed by atoms with Gasteiger partial charge in [0.1, 0.15) is 11.3 Å². The van der Waals surface area contributed by atoms with E-state index in [1.807, 2.05) is 31.2 Å². The first-order valence-electron chi connectivity index (χ1n) is 5.06. The van der Waals surface area contributed by atoms with Crippen LogP contribution in [0.4, 0.5) is 0 Å². The Kier molecular flexibility index (Phi) is 2.92. The van der Waals surface area contributed by atoms with E-state index < -0.39 is 0 Å². The third-order valence-electron chi connectivity index (χ3n) is 2.37. The lowest BCUT2D eigenvalue weighted by atomic mass is 10.2. The van der Waals surface area contributed by atoms with Crippen molar-refractivity contribution in [1.29, 1.82) is 0 Å². The van der Waals surface area contributed by atoms with Crippen LogP contribution in [0.2, 0.25) is 0 Å². The lowest BCUT2D eigenvalue weighted by Gasteiger charge is -2.08. The zero-order valence-electron chi connectivity index (χ0n) is 9.15. The number of thiol groups is 1. The first-order chi connectivity index (χ1) is 7.56. The van der Waals surface area contributed by atoms with E-state index in [1.54, 1.807) is 0 Å². The summed E-state index contributed by atoms with van der Waals surface area (Å²) in [6.45, 7) is 3.38. The van der Waals surface area contributed by atoms with Gasteiger partial charge in [-0.05, 0) is 31.2 Å². The Bertz CT molecular complexity index is 533. The third-order valence-corrected chi connectivity index (χ3v) is 2.64. The second-order valence-electron chi connectivity index (χ2n) is 3.79. The molecule has 2 aromatic rings. The quantitative estimate of drug-likeness (QED) is 0.786. The number of hydrogen-bond acceptors (Lipinski definition) is 3. The molecule has 1 atom stereocenters. The summed E-state index contributed by atoms with van der Waals surface area (Å²) in [4.78, 5) is 11.8. The van der Waals surface area contributed by atoms with Crippen LogP contribution in [0, 0.1) is 0 Å². The number of amides is 1. The van der Waals surface area contributed by atoms with Gasteiger partial charge in [0.15, 0.2) is 0 Å². The van der Waals surface area contributed by atoms with Gasteiger partial charge in [-0.2, -0.15) is 0 Å². The number of benzene rings is 1. The number of hydrogen-bond donors (Lipinski definition) is 2. The van der Waals surface area contributed by atoms with Crippen LogP contribution in [-0.4, -0.2) is 5.91 Å². The summed E-state index contributed by atoms with van der Waals surface area (Å²) in [5, 5.41) is 3.78. The first-order valence-corrected chi connectivity index (χ1v) is 5.50. The molecule has 0 saturated heterocycles. The molecule has 1 amide bonds. The molecule has 0 radical (unpaired) electrons. The second-order valence-corrected chi connectivity index (χ2v) is 4.31. The van der Waals surface area contributed by atoms with Crippen LogP contribution < -0.4 is 5.32 Å². The molecular formula is C12H13NO2S. The largest absolute Gasteiger partial charge is 0.459 e. The van der Waals surface area contributed by atoms with Gasteiger partial charge < -0.3 is 9.73 Å². The minimum Gasteiger partial charge on any atom is -0.459 e. The summed E-state index contributed by atoms with van der Waals surface area (Å²) in [7, 11) is 0. The van der Waals surface area contributed by atoms with Crippen molar-refractivity contribution in [2.75, 3.05) is 0 Å². The Morgan fingerprint density at radius 1 is 1.44 bits per heavy atom. The minimum absolute atomic E-state index is 0.0668. The maximum Gasteiger partial charge on any atom is 0.217 e. The summed E-state index contributed by atoms with van der Waals surface area (Å²) in [5.74, 6) is 0.687. The van der Waals surface area contributed by atoms with E-state index in [0.29, 0.717) is 0 Å². The molecule has 1 aromatic carbocycles. The maximum atomic E-state index is 10.9. The summed E-state index contributed by atoms with van der Waals surface area (Å²) in [5.41, 5.74) is 0.810. The van der Waals surface area contributed by atoms with E-state index in [1.165, 1.54) is 6.92 Å². The van der Waals surface area contributed by atoms with Crippen molar-refractivity contribution in [3.05, 3.63) is 30.0 Å². The molecule has 0 saturated carbocycles. The Balaban J connectivity index is 2.35. The van der Waals surface area contributed by atoms with Crippen molar-refractivity contribution in [3.63, 3.8) is 0 Å². The summed E-state index contributed by atoms with van der Waals surface area (Å²) < 4.78 is 5.64. The molecule has 1 heterocycles. The van der Waals surface area contributed by atoms with Crippen molar-refractivity contribution in [2.24, 2.45) is 0 Å². The van der Waals surface area contributed by atoms with Gasteiger partial charge in [0, 0.05) is 17.2 Å². The van der Waals surface area contributed by atoms with E-state index in [2.05, 4.69) is 17.9 Å². The maximum absolute atomic E-state index is 10.9. The lowest BCUT2D eigenvalue weighted by Crippen LogP contribution is -2.23. The molecule has 1 aromatic heterocycles. The molecule has 0 bridgehead atoms. The monoisotopic (exact) mass is 235 g/mol. The summed E-state index contributed by atoms with van der Waals surface area (Å²) in [6, 6.07) is 7.50. The van der Waals surface area contributed by atoms with Crippen LogP contribution in [0.1, 0.15) is 25.6 Å². The summed E-state index contributed by atoms with van der Waals surface area (Å²) in [6.07, 6.45) is 0. The molecule has 1 N–H and O–H groups in total. The van der Waals surface area contributed by atoms with Crippen molar-refractivity contribution in [2.45, 2.75) is 24.8 Å². The van der Waals surface area contributed by atoms with E-state index >= 15 is 0 Å². The molecule has 0 aliphatic carbocycles. The fourth-order valence-electron chi connectivity index (χ4n) is 1.64. The molecule has 0 fully saturated rings. The molecule has 3 nitrogen and oxygen atoms in total. The fourth-order valence-corrected chi connectivity index (χ4v) is 1.85. The van der Waals surface area contributed by atoms with Gasteiger partial charge in [0.2, 0.25) is 5.91 Å². The van der Waals surface area contributed by atoms with Gasteiger partial charge in [0.25, 0.3) is 0 Å². The minimum atomic E-state index is -0.117. The van der Waals surface area contributed by atoms with Crippen LogP contribution in [0.15, 0.2) is 33.6 Å². The number of fused-ring (bicyclic) bond motifs is 1. The molecule has 0 aliphatic heterocycles. The van der Waals surface area contributed by atoms with Crippen molar-refractivity contribution in [3.8, 4) is 0 Å². The Labute approximate surface area is 99.2 Å². The fraction of sp³-hybridized carbons (Fsp3) is 0.250. The highest BCUT2D eigenvalue weighted by atomic mass is 32.1. The molecule has 4 heteroatoms. The molecule has 84 valence electrons. The number of carbonyl (C=O) groups is 1. The highest BCUT2D eigenvalue weighted by Crippen LogP contribution is 2.25. The van der Waals surface area contributed by atoms with Gasteiger partial charge >= 0.3 is 0 Å².